The van der Waals surface area contributed by atoms with Crippen molar-refractivity contribution in [3.05, 3.63) is 94.3 Å². The summed E-state index contributed by atoms with van der Waals surface area (Å²) in [5.74, 6) is -0.169. The zero-order valence-corrected chi connectivity index (χ0v) is 18.3. The second-order valence-corrected chi connectivity index (χ2v) is 7.86. The number of carbonyl (C=O) groups is 1. The Hall–Kier alpha value is -2.89. The fourth-order valence-electron chi connectivity index (χ4n) is 3.28. The molecule has 0 aliphatic rings. The molecule has 1 atom stereocenters. The van der Waals surface area contributed by atoms with Crippen molar-refractivity contribution in [2.75, 3.05) is 20.6 Å². The molecule has 0 saturated carbocycles. The third kappa shape index (κ3) is 5.81. The van der Waals surface area contributed by atoms with E-state index in [-0.39, 0.29) is 11.9 Å². The number of benzene rings is 2. The Labute approximate surface area is 183 Å². The van der Waals surface area contributed by atoms with Crippen molar-refractivity contribution in [1.82, 2.24) is 20.0 Å². The molecule has 0 aliphatic heterocycles. The molecule has 2 aromatic carbocycles. The van der Waals surface area contributed by atoms with Gasteiger partial charge in [-0.2, -0.15) is 5.10 Å². The van der Waals surface area contributed by atoms with E-state index in [2.05, 4.69) is 15.3 Å². The van der Waals surface area contributed by atoms with E-state index in [1.807, 2.05) is 81.7 Å². The number of hydrogen-bond donors (Lipinski definition) is 1. The molecular formula is C24H27ClN4O. The Morgan fingerprint density at radius 2 is 1.77 bits per heavy atom. The van der Waals surface area contributed by atoms with Gasteiger partial charge in [0.05, 0.1) is 18.3 Å². The fraction of sp³-hybridized carbons (Fsp3) is 0.250. The minimum absolute atomic E-state index is 0.101. The van der Waals surface area contributed by atoms with E-state index >= 15 is 0 Å². The van der Waals surface area contributed by atoms with Gasteiger partial charge in [-0.3, -0.25) is 4.79 Å². The Morgan fingerprint density at radius 3 is 2.40 bits per heavy atom. The highest BCUT2D eigenvalue weighted by Crippen LogP contribution is 2.22. The molecule has 0 radical (unpaired) electrons. The standard InChI is InChI=1S/C24H27ClN4O/c1-18-21(24(25)29(27-18)16-19-10-6-4-7-11-19)14-15-23(30)26-22(17-28(2)3)20-12-8-5-9-13-20/h4-15,22H,16-17H2,1-3H3,(H,26,30)/b15-14+/t22-/m1/s1. The van der Waals surface area contributed by atoms with Gasteiger partial charge in [0.1, 0.15) is 5.15 Å². The molecule has 156 valence electrons. The molecule has 1 aromatic heterocycles. The fourth-order valence-corrected chi connectivity index (χ4v) is 3.58. The number of nitrogens with one attached hydrogen (secondary N) is 1. The van der Waals surface area contributed by atoms with Crippen molar-refractivity contribution in [3.63, 3.8) is 0 Å². The predicted molar refractivity (Wildman–Crippen MR) is 122 cm³/mol. The van der Waals surface area contributed by atoms with Gasteiger partial charge in [0.25, 0.3) is 0 Å². The summed E-state index contributed by atoms with van der Waals surface area (Å²) in [5.41, 5.74) is 3.72. The van der Waals surface area contributed by atoms with Gasteiger partial charge in [-0.25, -0.2) is 4.68 Å². The topological polar surface area (TPSA) is 50.2 Å². The van der Waals surface area contributed by atoms with Gasteiger partial charge in [-0.15, -0.1) is 0 Å². The van der Waals surface area contributed by atoms with E-state index in [1.54, 1.807) is 10.8 Å². The van der Waals surface area contributed by atoms with E-state index in [1.165, 1.54) is 6.08 Å². The molecule has 1 heterocycles. The first kappa shape index (κ1) is 21.8. The van der Waals surface area contributed by atoms with Crippen LogP contribution in [0.15, 0.2) is 66.7 Å². The van der Waals surface area contributed by atoms with Crippen LogP contribution in [0, 0.1) is 6.92 Å². The largest absolute Gasteiger partial charge is 0.344 e. The number of carbonyl (C=O) groups excluding carboxylic acids is 1. The molecule has 0 bridgehead atoms. The second-order valence-electron chi connectivity index (χ2n) is 7.50. The van der Waals surface area contributed by atoms with Crippen molar-refractivity contribution in [1.29, 1.82) is 0 Å². The summed E-state index contributed by atoms with van der Waals surface area (Å²) in [5, 5.41) is 8.13. The van der Waals surface area contributed by atoms with Crippen LogP contribution in [-0.2, 0) is 11.3 Å². The molecule has 0 saturated heterocycles. The maximum atomic E-state index is 12.6. The molecule has 6 heteroatoms. The van der Waals surface area contributed by atoms with E-state index in [0.717, 1.165) is 22.4 Å². The molecule has 3 rings (SSSR count). The highest BCUT2D eigenvalue weighted by molar-refractivity contribution is 6.31. The number of hydrogen-bond acceptors (Lipinski definition) is 3. The van der Waals surface area contributed by atoms with Gasteiger partial charge < -0.3 is 10.2 Å². The molecule has 0 spiro atoms. The van der Waals surface area contributed by atoms with Crippen LogP contribution in [0.4, 0.5) is 0 Å². The first-order valence-electron chi connectivity index (χ1n) is 9.89. The zero-order chi connectivity index (χ0) is 21.5. The van der Waals surface area contributed by atoms with E-state index in [4.69, 9.17) is 11.6 Å². The Balaban J connectivity index is 1.72. The van der Waals surface area contributed by atoms with Crippen LogP contribution < -0.4 is 5.32 Å². The molecule has 0 unspecified atom stereocenters. The summed E-state index contributed by atoms with van der Waals surface area (Å²) in [7, 11) is 3.98. The average molecular weight is 423 g/mol. The van der Waals surface area contributed by atoms with Gasteiger partial charge in [-0.05, 0) is 38.2 Å². The average Bonchev–Trinajstić information content (AvgIpc) is 2.99. The smallest absolute Gasteiger partial charge is 0.244 e. The van der Waals surface area contributed by atoms with Crippen LogP contribution in [0.2, 0.25) is 5.15 Å². The van der Waals surface area contributed by atoms with Crippen molar-refractivity contribution in [2.24, 2.45) is 0 Å². The van der Waals surface area contributed by atoms with Gasteiger partial charge in [0.2, 0.25) is 5.91 Å². The molecule has 30 heavy (non-hydrogen) atoms. The van der Waals surface area contributed by atoms with Crippen molar-refractivity contribution in [3.8, 4) is 0 Å². The molecule has 1 N–H and O–H groups in total. The molecule has 5 nitrogen and oxygen atoms in total. The van der Waals surface area contributed by atoms with Gasteiger partial charge in [0, 0.05) is 18.2 Å². The summed E-state index contributed by atoms with van der Waals surface area (Å²) in [4.78, 5) is 14.7. The first-order valence-corrected chi connectivity index (χ1v) is 10.3. The van der Waals surface area contributed by atoms with Crippen LogP contribution >= 0.6 is 11.6 Å². The van der Waals surface area contributed by atoms with Crippen LogP contribution in [0.5, 0.6) is 0 Å². The monoisotopic (exact) mass is 422 g/mol. The lowest BCUT2D eigenvalue weighted by Gasteiger charge is -2.22. The first-order chi connectivity index (χ1) is 14.4. The number of halogens is 1. The lowest BCUT2D eigenvalue weighted by molar-refractivity contribution is -0.117. The Bertz CT molecular complexity index is 997. The number of rotatable bonds is 8. The predicted octanol–water partition coefficient (Wildman–Crippen LogP) is 4.33. The van der Waals surface area contributed by atoms with Crippen molar-refractivity contribution in [2.45, 2.75) is 19.5 Å². The van der Waals surface area contributed by atoms with E-state index in [9.17, 15) is 4.79 Å². The van der Waals surface area contributed by atoms with Crippen LogP contribution in [0.1, 0.15) is 28.4 Å². The van der Waals surface area contributed by atoms with Crippen molar-refractivity contribution < 1.29 is 4.79 Å². The highest BCUT2D eigenvalue weighted by Gasteiger charge is 2.15. The Morgan fingerprint density at radius 1 is 1.13 bits per heavy atom. The van der Waals surface area contributed by atoms with E-state index < -0.39 is 0 Å². The van der Waals surface area contributed by atoms with Gasteiger partial charge >= 0.3 is 0 Å². The number of likely N-dealkylation sites (N-methyl/N-ethyl adjacent to an activating group) is 1. The third-order valence-corrected chi connectivity index (χ3v) is 5.15. The van der Waals surface area contributed by atoms with Crippen LogP contribution in [0.25, 0.3) is 6.08 Å². The molecule has 3 aromatic rings. The number of amides is 1. The maximum absolute atomic E-state index is 12.6. The minimum Gasteiger partial charge on any atom is -0.344 e. The third-order valence-electron chi connectivity index (χ3n) is 4.75. The number of aromatic nitrogens is 2. The molecular weight excluding hydrogens is 396 g/mol. The SMILES string of the molecule is Cc1nn(Cc2ccccc2)c(Cl)c1/C=C/C(=O)N[C@H](CN(C)C)c1ccccc1. The zero-order valence-electron chi connectivity index (χ0n) is 17.5. The molecule has 0 fully saturated rings. The van der Waals surface area contributed by atoms with Gasteiger partial charge in [0.15, 0.2) is 0 Å². The lowest BCUT2D eigenvalue weighted by atomic mass is 10.1. The Kier molecular flexibility index (Phi) is 7.44. The summed E-state index contributed by atoms with van der Waals surface area (Å²) in [6, 6.07) is 19.9. The van der Waals surface area contributed by atoms with E-state index in [0.29, 0.717) is 18.2 Å². The normalized spacial score (nSPS) is 12.4. The van der Waals surface area contributed by atoms with Gasteiger partial charge in [-0.1, -0.05) is 72.3 Å². The minimum atomic E-state index is -0.169. The van der Waals surface area contributed by atoms with Crippen molar-refractivity contribution >= 4 is 23.6 Å². The summed E-state index contributed by atoms with van der Waals surface area (Å²) < 4.78 is 1.75. The van der Waals surface area contributed by atoms with Crippen LogP contribution in [-0.4, -0.2) is 41.2 Å². The number of nitrogens with zero attached hydrogens (tertiary/aromatic N) is 3. The highest BCUT2D eigenvalue weighted by atomic mass is 35.5. The molecule has 1 amide bonds. The molecule has 0 aliphatic carbocycles. The number of aryl methyl sites for hydroxylation is 1. The summed E-state index contributed by atoms with van der Waals surface area (Å²) >= 11 is 6.54. The maximum Gasteiger partial charge on any atom is 0.244 e. The van der Waals surface area contributed by atoms with Crippen LogP contribution in [0.3, 0.4) is 0 Å². The summed E-state index contributed by atoms with van der Waals surface area (Å²) in [6.45, 7) is 3.18. The quantitative estimate of drug-likeness (QED) is 0.550. The summed E-state index contributed by atoms with van der Waals surface area (Å²) in [6.07, 6.45) is 3.26. The lowest BCUT2D eigenvalue weighted by Crippen LogP contribution is -2.34. The second kappa shape index (κ2) is 10.2.